The highest BCUT2D eigenvalue weighted by Gasteiger charge is 2.52. The maximum atomic E-state index is 14.0. The van der Waals surface area contributed by atoms with Gasteiger partial charge in [0.15, 0.2) is 24.4 Å². The van der Waals surface area contributed by atoms with Gasteiger partial charge >= 0.3 is 0 Å². The number of aliphatic hydroxyl groups is 9. The predicted octanol–water partition coefficient (Wildman–Crippen LogP) is -3.57. The van der Waals surface area contributed by atoms with Gasteiger partial charge < -0.3 is 94.1 Å². The van der Waals surface area contributed by atoms with Gasteiger partial charge in [-0.05, 0) is 31.2 Å². The molecule has 0 amide bonds. The average molecular weight is 757 g/mol. The quantitative estimate of drug-likeness (QED) is 0.100. The maximum absolute atomic E-state index is 14.0. The van der Waals surface area contributed by atoms with Gasteiger partial charge in [-0.2, -0.15) is 0 Å². The van der Waals surface area contributed by atoms with Crippen molar-refractivity contribution < 1.29 is 94.1 Å². The third-order valence-electron chi connectivity index (χ3n) is 9.30. The molecular weight excluding hydrogens is 716 g/mol. The van der Waals surface area contributed by atoms with Gasteiger partial charge in [0.2, 0.25) is 17.5 Å². The first kappa shape index (κ1) is 39.0. The van der Waals surface area contributed by atoms with Gasteiger partial charge in [-0.1, -0.05) is 0 Å². The lowest BCUT2D eigenvalue weighted by atomic mass is 9.97. The third kappa shape index (κ3) is 7.52. The summed E-state index contributed by atoms with van der Waals surface area (Å²) in [5, 5.41) is 124. The Morgan fingerprint density at radius 1 is 0.679 bits per heavy atom. The Bertz CT molecular complexity index is 1780. The Labute approximate surface area is 298 Å². The van der Waals surface area contributed by atoms with Crippen LogP contribution >= 0.6 is 0 Å². The van der Waals surface area contributed by atoms with E-state index in [-0.39, 0.29) is 22.7 Å². The molecule has 0 saturated carbocycles. The maximum Gasteiger partial charge on any atom is 0.239 e. The molecule has 2 aromatic carbocycles. The SMILES string of the molecule is C[C@@H]1O[C@@H](OC[C@@H]2O[C@H](Oc3c(-c4ccc(O)cc4)oc4cc(O)cc(O)c4c3=O)[C@@H](O[C@H]3O[C@@H](CO)[C@H](O)[C@@H](O)[C@@H]3O)[C@H](O)[C@H]2O)[C@H](O)[C@H](O)[C@H]1O. The Hall–Kier alpha value is -3.71. The van der Waals surface area contributed by atoms with Crippen molar-refractivity contribution in [1.82, 2.24) is 0 Å². The summed E-state index contributed by atoms with van der Waals surface area (Å²) in [6, 6.07) is 7.05. The molecule has 3 saturated heterocycles. The number of benzene rings is 2. The number of aromatic hydroxyl groups is 3. The van der Waals surface area contributed by atoms with Gasteiger partial charge in [0.05, 0.1) is 19.3 Å². The van der Waals surface area contributed by atoms with Crippen molar-refractivity contribution in [3.05, 3.63) is 46.6 Å². The zero-order chi connectivity index (χ0) is 38.5. The number of hydrogen-bond acceptors (Lipinski definition) is 20. The molecule has 3 fully saturated rings. The summed E-state index contributed by atoms with van der Waals surface area (Å²) in [4.78, 5) is 14.0. The number of fused-ring (bicyclic) bond motifs is 1. The molecule has 1 aromatic heterocycles. The monoisotopic (exact) mass is 756 g/mol. The summed E-state index contributed by atoms with van der Waals surface area (Å²) in [6.45, 7) is -0.140. The Morgan fingerprint density at radius 2 is 1.30 bits per heavy atom. The van der Waals surface area contributed by atoms with Crippen LogP contribution < -0.4 is 10.2 Å². The fourth-order valence-electron chi connectivity index (χ4n) is 6.25. The van der Waals surface area contributed by atoms with Crippen molar-refractivity contribution in [2.24, 2.45) is 0 Å². The highest BCUT2D eigenvalue weighted by atomic mass is 16.8. The molecule has 292 valence electrons. The smallest absolute Gasteiger partial charge is 0.239 e. The molecule has 20 heteroatoms. The van der Waals surface area contributed by atoms with Gasteiger partial charge in [0.25, 0.3) is 0 Å². The molecule has 3 aliphatic rings. The molecule has 4 heterocycles. The van der Waals surface area contributed by atoms with Crippen LogP contribution in [0.3, 0.4) is 0 Å². The number of rotatable bonds is 9. The number of phenols is 3. The summed E-state index contributed by atoms with van der Waals surface area (Å²) in [5.41, 5.74) is -1.23. The first-order chi connectivity index (χ1) is 25.1. The molecule has 0 unspecified atom stereocenters. The lowest BCUT2D eigenvalue weighted by Crippen LogP contribution is -2.65. The fourth-order valence-corrected chi connectivity index (χ4v) is 6.25. The first-order valence-corrected chi connectivity index (χ1v) is 16.4. The Morgan fingerprint density at radius 3 is 1.98 bits per heavy atom. The van der Waals surface area contributed by atoms with Crippen LogP contribution in [0.1, 0.15) is 6.92 Å². The van der Waals surface area contributed by atoms with Crippen LogP contribution in [0.5, 0.6) is 23.0 Å². The van der Waals surface area contributed by atoms with Gasteiger partial charge in [0.1, 0.15) is 89.3 Å². The average Bonchev–Trinajstić information content (AvgIpc) is 3.12. The van der Waals surface area contributed by atoms with E-state index < -0.39 is 133 Å². The lowest BCUT2D eigenvalue weighted by molar-refractivity contribution is -0.362. The summed E-state index contributed by atoms with van der Waals surface area (Å²) in [7, 11) is 0. The molecule has 3 aromatic rings. The minimum Gasteiger partial charge on any atom is -0.508 e. The zero-order valence-electron chi connectivity index (χ0n) is 27.7. The molecular formula is C33H40O20. The molecule has 12 N–H and O–H groups in total. The highest BCUT2D eigenvalue weighted by molar-refractivity contribution is 5.88. The van der Waals surface area contributed by atoms with E-state index in [1.54, 1.807) is 0 Å². The van der Waals surface area contributed by atoms with Crippen LogP contribution in [0.2, 0.25) is 0 Å². The highest BCUT2D eigenvalue weighted by Crippen LogP contribution is 2.38. The van der Waals surface area contributed by atoms with Crippen molar-refractivity contribution in [3.8, 4) is 34.3 Å². The fraction of sp³-hybridized carbons (Fsp3) is 0.545. The van der Waals surface area contributed by atoms with Crippen LogP contribution in [0.15, 0.2) is 45.6 Å². The molecule has 53 heavy (non-hydrogen) atoms. The van der Waals surface area contributed by atoms with Crippen LogP contribution in [-0.4, -0.2) is 167 Å². The second-order valence-electron chi connectivity index (χ2n) is 12.9. The molecule has 3 aliphatic heterocycles. The summed E-state index contributed by atoms with van der Waals surface area (Å²) in [6.07, 6.45) is -26.1. The van der Waals surface area contributed by atoms with Gasteiger partial charge in [-0.15, -0.1) is 0 Å². The largest absolute Gasteiger partial charge is 0.508 e. The van der Waals surface area contributed by atoms with E-state index in [0.29, 0.717) is 0 Å². The zero-order valence-corrected chi connectivity index (χ0v) is 27.7. The van der Waals surface area contributed by atoms with Crippen molar-refractivity contribution in [1.29, 1.82) is 0 Å². The van der Waals surface area contributed by atoms with Crippen LogP contribution in [0.25, 0.3) is 22.3 Å². The Balaban J connectivity index is 1.39. The third-order valence-corrected chi connectivity index (χ3v) is 9.30. The molecule has 6 rings (SSSR count). The van der Waals surface area contributed by atoms with E-state index in [1.165, 1.54) is 31.2 Å². The number of phenolic OH excluding ortho intramolecular Hbond substituents is 3. The van der Waals surface area contributed by atoms with E-state index in [1.807, 2.05) is 0 Å². The normalized spacial score (nSPS) is 37.8. The topological polar surface area (TPSA) is 328 Å². The van der Waals surface area contributed by atoms with E-state index in [0.717, 1.165) is 12.1 Å². The second-order valence-corrected chi connectivity index (χ2v) is 12.9. The van der Waals surface area contributed by atoms with Gasteiger partial charge in [0, 0.05) is 17.7 Å². The summed E-state index contributed by atoms with van der Waals surface area (Å²) in [5.74, 6) is -2.39. The standard InChI is InChI=1S/C33H40O20/c1-10-19(38)23(42)26(45)31(48-10)47-9-17-21(40)25(44)30(53-32-27(46)24(43)20(39)16(8-34)50-32)33(51-17)52-29-22(41)18-14(37)6-13(36)7-15(18)49-28(29)11-2-4-12(35)5-3-11/h2-7,10,16-17,19-21,23-27,30-40,42-46H,8-9H2,1H3/t10-,16-,17-,19-,20-,21-,23+,24+,25+,26+,27-,30-,31+,32+,33+/m0/s1. The number of aliphatic hydroxyl groups excluding tert-OH is 9. The van der Waals surface area contributed by atoms with E-state index >= 15 is 0 Å². The first-order valence-electron chi connectivity index (χ1n) is 16.4. The molecule has 0 spiro atoms. The lowest BCUT2D eigenvalue weighted by Gasteiger charge is -2.46. The van der Waals surface area contributed by atoms with Crippen molar-refractivity contribution >= 4 is 11.0 Å². The van der Waals surface area contributed by atoms with Crippen molar-refractivity contribution in [3.63, 3.8) is 0 Å². The van der Waals surface area contributed by atoms with Crippen molar-refractivity contribution in [2.45, 2.75) is 99.0 Å². The summed E-state index contributed by atoms with van der Waals surface area (Å²) < 4.78 is 40.0. The van der Waals surface area contributed by atoms with E-state index in [2.05, 4.69) is 0 Å². The van der Waals surface area contributed by atoms with Crippen molar-refractivity contribution in [2.75, 3.05) is 13.2 Å². The molecule has 20 nitrogen and oxygen atoms in total. The predicted molar refractivity (Wildman–Crippen MR) is 171 cm³/mol. The van der Waals surface area contributed by atoms with Gasteiger partial charge in [-0.3, -0.25) is 4.79 Å². The van der Waals surface area contributed by atoms with Crippen LogP contribution in [0, 0.1) is 0 Å². The molecule has 0 bridgehead atoms. The van der Waals surface area contributed by atoms with E-state index in [4.69, 9.17) is 32.8 Å². The van der Waals surface area contributed by atoms with E-state index in [9.17, 15) is 66.1 Å². The number of hydrogen-bond donors (Lipinski definition) is 12. The van der Waals surface area contributed by atoms with Crippen LogP contribution in [0.4, 0.5) is 0 Å². The molecule has 0 radical (unpaired) electrons. The van der Waals surface area contributed by atoms with Gasteiger partial charge in [-0.25, -0.2) is 0 Å². The minimum atomic E-state index is -2.06. The summed E-state index contributed by atoms with van der Waals surface area (Å²) >= 11 is 0. The number of ether oxygens (including phenoxy) is 6. The van der Waals surface area contributed by atoms with Crippen LogP contribution in [-0.2, 0) is 23.7 Å². The molecule has 15 atom stereocenters. The molecule has 0 aliphatic carbocycles. The Kier molecular flexibility index (Phi) is 11.5. The minimum absolute atomic E-state index is 0.112. The second kappa shape index (κ2) is 15.6.